The van der Waals surface area contributed by atoms with Crippen LogP contribution in [0.5, 0.6) is 0 Å². The lowest BCUT2D eigenvalue weighted by molar-refractivity contribution is 0.0535. The van der Waals surface area contributed by atoms with Crippen LogP contribution in [0.2, 0.25) is 0 Å². The van der Waals surface area contributed by atoms with Crippen molar-refractivity contribution in [1.29, 1.82) is 0 Å². The molecule has 0 amide bonds. The van der Waals surface area contributed by atoms with Gasteiger partial charge < -0.3 is 9.15 Å². The molecular weight excluding hydrogens is 268 g/mol. The predicted molar refractivity (Wildman–Crippen MR) is 78.0 cm³/mol. The molecule has 3 aromatic rings. The highest BCUT2D eigenvalue weighted by Crippen LogP contribution is 2.18. The highest BCUT2D eigenvalue weighted by atomic mass is 16.5. The Morgan fingerprint density at radius 2 is 1.57 bits per heavy atom. The van der Waals surface area contributed by atoms with E-state index in [0.29, 0.717) is 17.8 Å². The first-order valence-corrected chi connectivity index (χ1v) is 6.48. The second-order valence-corrected chi connectivity index (χ2v) is 4.53. The van der Waals surface area contributed by atoms with E-state index in [0.717, 1.165) is 10.9 Å². The van der Waals surface area contributed by atoms with Crippen LogP contribution in [0.4, 0.5) is 0 Å². The van der Waals surface area contributed by atoms with Crippen LogP contribution in [0.3, 0.4) is 0 Å². The number of para-hydroxylation sites is 1. The van der Waals surface area contributed by atoms with E-state index in [9.17, 15) is 9.59 Å². The van der Waals surface area contributed by atoms with Gasteiger partial charge in [0.1, 0.15) is 12.2 Å². The number of cyclic esters (lactones) is 1. The second-order valence-electron chi connectivity index (χ2n) is 4.53. The van der Waals surface area contributed by atoms with Crippen molar-refractivity contribution in [1.82, 2.24) is 0 Å². The number of benzene rings is 2. The lowest BCUT2D eigenvalue weighted by atomic mass is 10.1. The molecule has 0 fully saturated rings. The van der Waals surface area contributed by atoms with Crippen LogP contribution >= 0.6 is 0 Å². The molecule has 104 valence electrons. The van der Waals surface area contributed by atoms with E-state index in [1.807, 2.05) is 36.4 Å². The number of hydrogen-bond acceptors (Lipinski definition) is 4. The minimum atomic E-state index is -0.302. The Morgan fingerprint density at radius 3 is 2.43 bits per heavy atom. The SMILES string of the molecule is O=C1OCc2ccccc21.O=c1ccc2ccccc2o1. The topological polar surface area (TPSA) is 56.5 Å². The highest BCUT2D eigenvalue weighted by molar-refractivity contribution is 5.93. The van der Waals surface area contributed by atoms with Gasteiger partial charge in [-0.15, -0.1) is 0 Å². The van der Waals surface area contributed by atoms with Crippen LogP contribution in [-0.4, -0.2) is 5.97 Å². The fourth-order valence-corrected chi connectivity index (χ4v) is 2.08. The number of rotatable bonds is 0. The van der Waals surface area contributed by atoms with Crippen molar-refractivity contribution < 1.29 is 13.9 Å². The molecule has 1 aliphatic heterocycles. The van der Waals surface area contributed by atoms with Crippen LogP contribution in [-0.2, 0) is 11.3 Å². The summed E-state index contributed by atoms with van der Waals surface area (Å²) in [5.41, 5.74) is 2.04. The summed E-state index contributed by atoms with van der Waals surface area (Å²) in [6, 6.07) is 18.0. The van der Waals surface area contributed by atoms with E-state index < -0.39 is 0 Å². The summed E-state index contributed by atoms with van der Waals surface area (Å²) in [4.78, 5) is 21.6. The lowest BCUT2D eigenvalue weighted by Gasteiger charge is -1.91. The Bertz CT molecular complexity index is 848. The Hall–Kier alpha value is -2.88. The molecule has 0 atom stereocenters. The molecule has 4 heteroatoms. The van der Waals surface area contributed by atoms with Crippen LogP contribution in [0.15, 0.2) is 69.9 Å². The van der Waals surface area contributed by atoms with Crippen molar-refractivity contribution in [3.63, 3.8) is 0 Å². The summed E-state index contributed by atoms with van der Waals surface area (Å²) in [5, 5.41) is 0.951. The molecule has 0 unspecified atom stereocenters. The quantitative estimate of drug-likeness (QED) is 0.469. The van der Waals surface area contributed by atoms with Crippen molar-refractivity contribution in [2.75, 3.05) is 0 Å². The van der Waals surface area contributed by atoms with E-state index in [1.165, 1.54) is 6.07 Å². The maximum absolute atomic E-state index is 10.8. The summed E-state index contributed by atoms with van der Waals surface area (Å²) in [6.45, 7) is 0.439. The fourth-order valence-electron chi connectivity index (χ4n) is 2.08. The molecule has 4 nitrogen and oxygen atoms in total. The van der Waals surface area contributed by atoms with Gasteiger partial charge >= 0.3 is 11.6 Å². The van der Waals surface area contributed by atoms with Gasteiger partial charge in [0, 0.05) is 17.0 Å². The van der Waals surface area contributed by atoms with Gasteiger partial charge in [0.25, 0.3) is 0 Å². The van der Waals surface area contributed by atoms with E-state index in [2.05, 4.69) is 0 Å². The first-order valence-electron chi connectivity index (χ1n) is 6.48. The lowest BCUT2D eigenvalue weighted by Crippen LogP contribution is -1.93. The van der Waals surface area contributed by atoms with Crippen molar-refractivity contribution in [2.45, 2.75) is 6.61 Å². The van der Waals surface area contributed by atoms with E-state index in [-0.39, 0.29) is 11.6 Å². The van der Waals surface area contributed by atoms with Gasteiger partial charge in [-0.1, -0.05) is 36.4 Å². The summed E-state index contributed by atoms with van der Waals surface area (Å²) in [5.74, 6) is -0.199. The monoisotopic (exact) mass is 280 g/mol. The minimum Gasteiger partial charge on any atom is -0.457 e. The maximum Gasteiger partial charge on any atom is 0.338 e. The summed E-state index contributed by atoms with van der Waals surface area (Å²) >= 11 is 0. The number of carbonyl (C=O) groups is 1. The molecule has 21 heavy (non-hydrogen) atoms. The van der Waals surface area contributed by atoms with Crippen LogP contribution < -0.4 is 5.63 Å². The van der Waals surface area contributed by atoms with Crippen molar-refractivity contribution >= 4 is 16.9 Å². The van der Waals surface area contributed by atoms with Crippen molar-refractivity contribution in [2.24, 2.45) is 0 Å². The van der Waals surface area contributed by atoms with Gasteiger partial charge in [0.2, 0.25) is 0 Å². The number of carbonyl (C=O) groups excluding carboxylic acids is 1. The molecule has 0 saturated heterocycles. The molecule has 4 rings (SSSR count). The maximum atomic E-state index is 10.8. The zero-order valence-corrected chi connectivity index (χ0v) is 11.1. The summed E-state index contributed by atoms with van der Waals surface area (Å²) in [6.07, 6.45) is 0. The van der Waals surface area contributed by atoms with E-state index in [4.69, 9.17) is 9.15 Å². The Kier molecular flexibility index (Phi) is 3.51. The van der Waals surface area contributed by atoms with Crippen molar-refractivity contribution in [3.05, 3.63) is 82.2 Å². The molecule has 0 radical (unpaired) electrons. The molecule has 2 aromatic carbocycles. The number of esters is 1. The largest absolute Gasteiger partial charge is 0.457 e. The Labute approximate surface area is 120 Å². The van der Waals surface area contributed by atoms with Crippen LogP contribution in [0.25, 0.3) is 11.0 Å². The summed E-state index contributed by atoms with van der Waals surface area (Å²) in [7, 11) is 0. The average Bonchev–Trinajstić information content (AvgIpc) is 2.90. The number of ether oxygens (including phenoxy) is 1. The van der Waals surface area contributed by atoms with Gasteiger partial charge in [0.05, 0.1) is 5.56 Å². The highest BCUT2D eigenvalue weighted by Gasteiger charge is 2.18. The molecule has 1 aliphatic rings. The zero-order valence-electron chi connectivity index (χ0n) is 11.1. The van der Waals surface area contributed by atoms with E-state index in [1.54, 1.807) is 18.2 Å². The first kappa shape index (κ1) is 13.1. The van der Waals surface area contributed by atoms with E-state index >= 15 is 0 Å². The number of fused-ring (bicyclic) bond motifs is 2. The molecule has 1 aromatic heterocycles. The molecule has 0 aliphatic carbocycles. The summed E-state index contributed by atoms with van der Waals surface area (Å²) < 4.78 is 9.69. The van der Waals surface area contributed by atoms with Gasteiger partial charge in [-0.25, -0.2) is 9.59 Å². The predicted octanol–water partition coefficient (Wildman–Crippen LogP) is 3.15. The smallest absolute Gasteiger partial charge is 0.338 e. The Balaban J connectivity index is 0.000000126. The fraction of sp³-hybridized carbons (Fsp3) is 0.0588. The number of hydrogen-bond donors (Lipinski definition) is 0. The van der Waals surface area contributed by atoms with Gasteiger partial charge in [-0.3, -0.25) is 0 Å². The average molecular weight is 280 g/mol. The standard InChI is InChI=1S/C9H6O2.C8H6O2/c10-9-6-5-7-3-1-2-4-8(7)11-9;9-8-7-4-2-1-3-6(7)5-10-8/h1-6H;1-4H,5H2. The van der Waals surface area contributed by atoms with Crippen LogP contribution in [0.1, 0.15) is 15.9 Å². The van der Waals surface area contributed by atoms with Crippen molar-refractivity contribution in [3.8, 4) is 0 Å². The third-order valence-corrected chi connectivity index (χ3v) is 3.12. The first-order chi connectivity index (χ1) is 10.2. The third-order valence-electron chi connectivity index (χ3n) is 3.12. The molecular formula is C17H12O4. The van der Waals surface area contributed by atoms with Gasteiger partial charge in [-0.2, -0.15) is 0 Å². The molecule has 0 spiro atoms. The Morgan fingerprint density at radius 1 is 0.810 bits per heavy atom. The minimum absolute atomic E-state index is 0.199. The van der Waals surface area contributed by atoms with Crippen LogP contribution in [0, 0.1) is 0 Å². The molecule has 2 heterocycles. The zero-order chi connectivity index (χ0) is 14.7. The third kappa shape index (κ3) is 2.84. The normalized spacial score (nSPS) is 12.3. The molecule has 0 N–H and O–H groups in total. The molecule has 0 bridgehead atoms. The van der Waals surface area contributed by atoms with Gasteiger partial charge in [0.15, 0.2) is 0 Å². The van der Waals surface area contributed by atoms with Gasteiger partial charge in [-0.05, 0) is 18.2 Å². The second kappa shape index (κ2) is 5.63. The molecule has 0 saturated carbocycles.